The van der Waals surface area contributed by atoms with Gasteiger partial charge in [0.1, 0.15) is 17.2 Å². The molecule has 3 aromatic carbocycles. The fourth-order valence-electron chi connectivity index (χ4n) is 2.33. The van der Waals surface area contributed by atoms with Crippen LogP contribution in [-0.4, -0.2) is 11.8 Å². The molecule has 0 N–H and O–H groups in total. The predicted molar refractivity (Wildman–Crippen MR) is 94.1 cm³/mol. The molecule has 25 heavy (non-hydrogen) atoms. The number of hydrogen-bond acceptors (Lipinski definition) is 4. The molecule has 0 aliphatic rings. The Morgan fingerprint density at radius 3 is 2.00 bits per heavy atom. The summed E-state index contributed by atoms with van der Waals surface area (Å²) in [6.45, 7) is 1.32. The third-order valence-corrected chi connectivity index (χ3v) is 3.45. The standard InChI is InChI=1S/C21H16O4/c1-15(22)24-20-9-5-6-17(14-20)21(23)16-10-12-19(13-11-16)25-18-7-3-2-4-8-18/h2-14H,1H3. The van der Waals surface area contributed by atoms with Crippen LogP contribution in [0.2, 0.25) is 0 Å². The quantitative estimate of drug-likeness (QED) is 0.388. The Labute approximate surface area is 145 Å². The third-order valence-electron chi connectivity index (χ3n) is 3.45. The van der Waals surface area contributed by atoms with Gasteiger partial charge in [-0.1, -0.05) is 30.3 Å². The van der Waals surface area contributed by atoms with E-state index in [1.807, 2.05) is 30.3 Å². The van der Waals surface area contributed by atoms with E-state index in [9.17, 15) is 9.59 Å². The number of carbonyl (C=O) groups is 2. The van der Waals surface area contributed by atoms with Crippen LogP contribution in [0.4, 0.5) is 0 Å². The van der Waals surface area contributed by atoms with Gasteiger partial charge in [-0.2, -0.15) is 0 Å². The van der Waals surface area contributed by atoms with Crippen LogP contribution in [0, 0.1) is 0 Å². The third kappa shape index (κ3) is 4.32. The summed E-state index contributed by atoms with van der Waals surface area (Å²) >= 11 is 0. The van der Waals surface area contributed by atoms with Crippen LogP contribution in [0.15, 0.2) is 78.9 Å². The highest BCUT2D eigenvalue weighted by atomic mass is 16.5. The summed E-state index contributed by atoms with van der Waals surface area (Å²) in [5, 5.41) is 0. The Kier molecular flexibility index (Phi) is 4.90. The van der Waals surface area contributed by atoms with Crippen molar-refractivity contribution in [3.05, 3.63) is 90.0 Å². The van der Waals surface area contributed by atoms with Gasteiger partial charge in [0.25, 0.3) is 0 Å². The minimum Gasteiger partial charge on any atom is -0.457 e. The monoisotopic (exact) mass is 332 g/mol. The molecule has 0 aliphatic carbocycles. The minimum atomic E-state index is -0.424. The molecule has 0 spiro atoms. The van der Waals surface area contributed by atoms with Crippen molar-refractivity contribution in [1.82, 2.24) is 0 Å². The van der Waals surface area contributed by atoms with Crippen molar-refractivity contribution < 1.29 is 19.1 Å². The number of carbonyl (C=O) groups excluding carboxylic acids is 2. The lowest BCUT2D eigenvalue weighted by molar-refractivity contribution is -0.131. The molecule has 3 rings (SSSR count). The molecule has 0 aromatic heterocycles. The van der Waals surface area contributed by atoms with E-state index >= 15 is 0 Å². The van der Waals surface area contributed by atoms with Crippen LogP contribution < -0.4 is 9.47 Å². The van der Waals surface area contributed by atoms with E-state index in [-0.39, 0.29) is 5.78 Å². The molecule has 0 saturated carbocycles. The molecule has 0 amide bonds. The van der Waals surface area contributed by atoms with E-state index < -0.39 is 5.97 Å². The van der Waals surface area contributed by atoms with Gasteiger partial charge in [-0.05, 0) is 48.5 Å². The fraction of sp³-hybridized carbons (Fsp3) is 0.0476. The molecule has 124 valence electrons. The van der Waals surface area contributed by atoms with E-state index in [4.69, 9.17) is 9.47 Å². The smallest absolute Gasteiger partial charge is 0.308 e. The Balaban J connectivity index is 1.75. The summed E-state index contributed by atoms with van der Waals surface area (Å²) in [7, 11) is 0. The number of hydrogen-bond donors (Lipinski definition) is 0. The first-order valence-corrected chi connectivity index (χ1v) is 7.78. The molecule has 4 nitrogen and oxygen atoms in total. The molecular formula is C21H16O4. The molecule has 0 radical (unpaired) electrons. The second-order valence-corrected chi connectivity index (χ2v) is 5.39. The van der Waals surface area contributed by atoms with E-state index in [2.05, 4.69) is 0 Å². The maximum absolute atomic E-state index is 12.6. The van der Waals surface area contributed by atoms with Crippen LogP contribution in [0.25, 0.3) is 0 Å². The molecule has 0 aliphatic heterocycles. The molecule has 0 fully saturated rings. The van der Waals surface area contributed by atoms with E-state index in [1.54, 1.807) is 48.5 Å². The molecule has 0 atom stereocenters. The second-order valence-electron chi connectivity index (χ2n) is 5.39. The number of ketones is 1. The Morgan fingerprint density at radius 2 is 1.32 bits per heavy atom. The normalized spacial score (nSPS) is 10.1. The van der Waals surface area contributed by atoms with Gasteiger partial charge in [-0.15, -0.1) is 0 Å². The summed E-state index contributed by atoms with van der Waals surface area (Å²) in [6, 6.07) is 22.9. The first kappa shape index (κ1) is 16.5. The van der Waals surface area contributed by atoms with Gasteiger partial charge in [0.15, 0.2) is 5.78 Å². The van der Waals surface area contributed by atoms with Crippen LogP contribution >= 0.6 is 0 Å². The van der Waals surface area contributed by atoms with Gasteiger partial charge in [0.2, 0.25) is 0 Å². The predicted octanol–water partition coefficient (Wildman–Crippen LogP) is 4.64. The summed E-state index contributed by atoms with van der Waals surface area (Å²) in [4.78, 5) is 23.6. The summed E-state index contributed by atoms with van der Waals surface area (Å²) in [6.07, 6.45) is 0. The van der Waals surface area contributed by atoms with Crippen molar-refractivity contribution in [3.8, 4) is 17.2 Å². The Bertz CT molecular complexity index is 883. The average Bonchev–Trinajstić information content (AvgIpc) is 2.62. The van der Waals surface area contributed by atoms with Crippen molar-refractivity contribution in [1.29, 1.82) is 0 Å². The highest BCUT2D eigenvalue weighted by molar-refractivity contribution is 6.09. The molecule has 3 aromatic rings. The largest absolute Gasteiger partial charge is 0.457 e. The van der Waals surface area contributed by atoms with Crippen molar-refractivity contribution in [3.63, 3.8) is 0 Å². The van der Waals surface area contributed by atoms with Crippen LogP contribution in [0.1, 0.15) is 22.8 Å². The lowest BCUT2D eigenvalue weighted by atomic mass is 10.0. The van der Waals surface area contributed by atoms with Crippen LogP contribution in [0.3, 0.4) is 0 Å². The summed E-state index contributed by atoms with van der Waals surface area (Å²) in [5.41, 5.74) is 0.982. The SMILES string of the molecule is CC(=O)Oc1cccc(C(=O)c2ccc(Oc3ccccc3)cc2)c1. The van der Waals surface area contributed by atoms with Crippen molar-refractivity contribution in [2.75, 3.05) is 0 Å². The number of rotatable bonds is 5. The minimum absolute atomic E-state index is 0.153. The lowest BCUT2D eigenvalue weighted by Gasteiger charge is -2.07. The summed E-state index contributed by atoms with van der Waals surface area (Å²) in [5.74, 6) is 1.15. The highest BCUT2D eigenvalue weighted by Crippen LogP contribution is 2.23. The topological polar surface area (TPSA) is 52.6 Å². The number of para-hydroxylation sites is 1. The first-order valence-electron chi connectivity index (χ1n) is 7.78. The first-order chi connectivity index (χ1) is 12.1. The zero-order chi connectivity index (χ0) is 17.6. The fourth-order valence-corrected chi connectivity index (χ4v) is 2.33. The number of ether oxygens (including phenoxy) is 2. The lowest BCUT2D eigenvalue weighted by Crippen LogP contribution is -2.04. The molecule has 0 unspecified atom stereocenters. The maximum atomic E-state index is 12.6. The molecular weight excluding hydrogens is 316 g/mol. The highest BCUT2D eigenvalue weighted by Gasteiger charge is 2.11. The van der Waals surface area contributed by atoms with E-state index in [1.165, 1.54) is 6.92 Å². The van der Waals surface area contributed by atoms with E-state index in [0.29, 0.717) is 22.6 Å². The van der Waals surface area contributed by atoms with Gasteiger partial charge in [0, 0.05) is 18.1 Å². The molecule has 0 saturated heterocycles. The van der Waals surface area contributed by atoms with Gasteiger partial charge in [0.05, 0.1) is 0 Å². The molecule has 0 bridgehead atoms. The Hall–Kier alpha value is -3.40. The van der Waals surface area contributed by atoms with Gasteiger partial charge < -0.3 is 9.47 Å². The number of benzene rings is 3. The van der Waals surface area contributed by atoms with Gasteiger partial charge in [-0.25, -0.2) is 0 Å². The van der Waals surface area contributed by atoms with Gasteiger partial charge in [-0.3, -0.25) is 9.59 Å². The van der Waals surface area contributed by atoms with Crippen molar-refractivity contribution in [2.24, 2.45) is 0 Å². The second kappa shape index (κ2) is 7.45. The van der Waals surface area contributed by atoms with Gasteiger partial charge >= 0.3 is 5.97 Å². The molecule has 0 heterocycles. The van der Waals surface area contributed by atoms with Crippen LogP contribution in [0.5, 0.6) is 17.2 Å². The maximum Gasteiger partial charge on any atom is 0.308 e. The number of esters is 1. The van der Waals surface area contributed by atoms with Crippen LogP contribution in [-0.2, 0) is 4.79 Å². The molecule has 4 heteroatoms. The Morgan fingerprint density at radius 1 is 0.680 bits per heavy atom. The summed E-state index contributed by atoms with van der Waals surface area (Å²) < 4.78 is 10.7. The van der Waals surface area contributed by atoms with Crippen molar-refractivity contribution >= 4 is 11.8 Å². The van der Waals surface area contributed by atoms with E-state index in [0.717, 1.165) is 5.75 Å². The van der Waals surface area contributed by atoms with Crippen molar-refractivity contribution in [2.45, 2.75) is 6.92 Å². The zero-order valence-electron chi connectivity index (χ0n) is 13.6. The zero-order valence-corrected chi connectivity index (χ0v) is 13.6. The average molecular weight is 332 g/mol.